The maximum Gasteiger partial charge on any atom is 0.245 e. The number of terminal acetylenes is 1. The lowest BCUT2D eigenvalue weighted by atomic mass is 10.2. The molecule has 0 fully saturated rings. The van der Waals surface area contributed by atoms with Crippen molar-refractivity contribution in [3.05, 3.63) is 27.7 Å². The van der Waals surface area contributed by atoms with Gasteiger partial charge in [0.1, 0.15) is 4.90 Å². The van der Waals surface area contributed by atoms with E-state index in [1.807, 2.05) is 0 Å². The summed E-state index contributed by atoms with van der Waals surface area (Å²) in [5.74, 6) is 2.28. The number of sulfonamides is 1. The van der Waals surface area contributed by atoms with Gasteiger partial charge in [0.2, 0.25) is 10.0 Å². The van der Waals surface area contributed by atoms with Crippen molar-refractivity contribution in [3.8, 4) is 12.3 Å². The molecule has 104 valence electrons. The first-order valence-electron chi connectivity index (χ1n) is 5.37. The molecule has 0 radical (unpaired) electrons. The summed E-state index contributed by atoms with van der Waals surface area (Å²) in [7, 11) is -0.577. The lowest BCUT2D eigenvalue weighted by Gasteiger charge is -2.16. The highest BCUT2D eigenvalue weighted by Gasteiger charge is 2.24. The zero-order chi connectivity index (χ0) is 14.6. The summed E-state index contributed by atoms with van der Waals surface area (Å²) in [6, 6.07) is 2.88. The fourth-order valence-electron chi connectivity index (χ4n) is 1.48. The van der Waals surface area contributed by atoms with Gasteiger partial charge in [-0.25, -0.2) is 8.42 Å². The van der Waals surface area contributed by atoms with Crippen molar-refractivity contribution in [1.29, 1.82) is 0 Å². The number of nitrogens with zero attached hydrogens (tertiary/aromatic N) is 1. The highest BCUT2D eigenvalue weighted by atomic mass is 35.5. The number of halogens is 2. The number of hydrogen-bond donors (Lipinski definition) is 1. The Kier molecular flexibility index (Phi) is 5.65. The smallest absolute Gasteiger partial charge is 0.245 e. The van der Waals surface area contributed by atoms with Crippen LogP contribution in [0, 0.1) is 12.3 Å². The quantitative estimate of drug-likeness (QED) is 0.844. The zero-order valence-electron chi connectivity index (χ0n) is 10.6. The van der Waals surface area contributed by atoms with Crippen LogP contribution in [0.5, 0.6) is 0 Å². The molecule has 1 aromatic rings. The second kappa shape index (κ2) is 6.60. The van der Waals surface area contributed by atoms with Crippen LogP contribution in [0.4, 0.5) is 0 Å². The van der Waals surface area contributed by atoms with Gasteiger partial charge in [0.25, 0.3) is 0 Å². The maximum atomic E-state index is 12.3. The van der Waals surface area contributed by atoms with E-state index in [0.717, 1.165) is 4.31 Å². The van der Waals surface area contributed by atoms with E-state index in [4.69, 9.17) is 29.6 Å². The van der Waals surface area contributed by atoms with Crippen LogP contribution in [0.15, 0.2) is 17.0 Å². The van der Waals surface area contributed by atoms with Crippen LogP contribution in [0.2, 0.25) is 10.0 Å². The van der Waals surface area contributed by atoms with E-state index >= 15 is 0 Å². The van der Waals surface area contributed by atoms with Crippen molar-refractivity contribution in [1.82, 2.24) is 9.62 Å². The predicted octanol–water partition coefficient (Wildman–Crippen LogP) is 1.97. The first kappa shape index (κ1) is 16.3. The monoisotopic (exact) mass is 320 g/mol. The number of benzene rings is 1. The molecule has 0 unspecified atom stereocenters. The summed E-state index contributed by atoms with van der Waals surface area (Å²) in [5, 5.41) is 3.40. The van der Waals surface area contributed by atoms with E-state index in [0.29, 0.717) is 17.1 Å². The molecular formula is C12H14Cl2N2O2S. The van der Waals surface area contributed by atoms with E-state index in [2.05, 4.69) is 11.2 Å². The van der Waals surface area contributed by atoms with Crippen molar-refractivity contribution in [3.63, 3.8) is 0 Å². The minimum atomic E-state index is -3.72. The molecule has 0 aliphatic heterocycles. The van der Waals surface area contributed by atoms with Crippen LogP contribution >= 0.6 is 23.2 Å². The summed E-state index contributed by atoms with van der Waals surface area (Å²) in [5.41, 5.74) is 0.654. The molecule has 0 saturated carbocycles. The molecule has 1 N–H and O–H groups in total. The molecule has 0 saturated heterocycles. The van der Waals surface area contributed by atoms with Crippen molar-refractivity contribution in [2.24, 2.45) is 0 Å². The lowest BCUT2D eigenvalue weighted by Crippen LogP contribution is -2.27. The third-order valence-electron chi connectivity index (χ3n) is 2.47. The van der Waals surface area contributed by atoms with E-state index in [1.54, 1.807) is 7.05 Å². The first-order valence-corrected chi connectivity index (χ1v) is 7.56. The van der Waals surface area contributed by atoms with E-state index < -0.39 is 10.0 Å². The summed E-state index contributed by atoms with van der Waals surface area (Å²) in [4.78, 5) is 0.00145. The molecular weight excluding hydrogens is 307 g/mol. The van der Waals surface area contributed by atoms with E-state index in [9.17, 15) is 8.42 Å². The minimum Gasteiger partial charge on any atom is -0.316 e. The Bertz CT molecular complexity index is 609. The van der Waals surface area contributed by atoms with Gasteiger partial charge in [0.05, 0.1) is 11.6 Å². The fourth-order valence-corrected chi connectivity index (χ4v) is 3.40. The lowest BCUT2D eigenvalue weighted by molar-refractivity contribution is 0.503. The molecule has 0 aliphatic carbocycles. The van der Waals surface area contributed by atoms with Crippen molar-refractivity contribution in [2.75, 3.05) is 20.6 Å². The zero-order valence-corrected chi connectivity index (χ0v) is 12.9. The molecule has 19 heavy (non-hydrogen) atoms. The third kappa shape index (κ3) is 3.62. The Labute approximate surface area is 123 Å². The topological polar surface area (TPSA) is 49.4 Å². The molecule has 0 heterocycles. The second-order valence-corrected chi connectivity index (χ2v) is 6.70. The van der Waals surface area contributed by atoms with Gasteiger partial charge in [-0.2, -0.15) is 4.31 Å². The van der Waals surface area contributed by atoms with Gasteiger partial charge >= 0.3 is 0 Å². The number of nitrogens with one attached hydrogen (secondary N) is 1. The molecule has 0 spiro atoms. The number of rotatable bonds is 5. The van der Waals surface area contributed by atoms with Gasteiger partial charge in [0.15, 0.2) is 0 Å². The van der Waals surface area contributed by atoms with Gasteiger partial charge in [-0.05, 0) is 24.7 Å². The Hall–Kier alpha value is -0.770. The van der Waals surface area contributed by atoms with Gasteiger partial charge in [-0.15, -0.1) is 6.42 Å². The van der Waals surface area contributed by atoms with Crippen molar-refractivity contribution in [2.45, 2.75) is 11.4 Å². The molecule has 1 aromatic carbocycles. The van der Waals surface area contributed by atoms with E-state index in [-0.39, 0.29) is 16.5 Å². The standard InChI is InChI=1S/C12H14Cl2N2O2S/c1-4-5-16(3)19(17,18)12-6-9(8-15-2)10(13)7-11(12)14/h1,6-7,15H,5,8H2,2-3H3. The van der Waals surface area contributed by atoms with Gasteiger partial charge in [-0.1, -0.05) is 29.1 Å². The van der Waals surface area contributed by atoms with Crippen LogP contribution in [0.1, 0.15) is 5.56 Å². The van der Waals surface area contributed by atoms with Gasteiger partial charge in [-0.3, -0.25) is 0 Å². The van der Waals surface area contributed by atoms with Crippen LogP contribution < -0.4 is 5.32 Å². The van der Waals surface area contributed by atoms with Crippen molar-refractivity contribution >= 4 is 33.2 Å². The Morgan fingerprint density at radius 1 is 1.37 bits per heavy atom. The largest absolute Gasteiger partial charge is 0.316 e. The minimum absolute atomic E-state index is 0.00145. The summed E-state index contributed by atoms with van der Waals surface area (Å²) < 4.78 is 25.6. The normalized spacial score (nSPS) is 11.6. The van der Waals surface area contributed by atoms with Crippen LogP contribution in [-0.2, 0) is 16.6 Å². The molecule has 0 bridgehead atoms. The molecule has 0 atom stereocenters. The Morgan fingerprint density at radius 2 is 2.00 bits per heavy atom. The summed E-state index contributed by atoms with van der Waals surface area (Å²) in [6.45, 7) is 0.417. The first-order chi connectivity index (χ1) is 8.84. The SMILES string of the molecule is C#CCN(C)S(=O)(=O)c1cc(CNC)c(Cl)cc1Cl. The molecule has 0 amide bonds. The summed E-state index contributed by atoms with van der Waals surface area (Å²) >= 11 is 12.0. The molecule has 7 heteroatoms. The second-order valence-electron chi connectivity index (χ2n) is 3.87. The Morgan fingerprint density at radius 3 is 2.53 bits per heavy atom. The van der Waals surface area contributed by atoms with Gasteiger partial charge < -0.3 is 5.32 Å². The van der Waals surface area contributed by atoms with Crippen LogP contribution in [-0.4, -0.2) is 33.4 Å². The highest BCUT2D eigenvalue weighted by Crippen LogP contribution is 2.30. The predicted molar refractivity (Wildman–Crippen MR) is 77.9 cm³/mol. The molecule has 4 nitrogen and oxygen atoms in total. The molecule has 0 aromatic heterocycles. The molecule has 0 aliphatic rings. The van der Waals surface area contributed by atoms with Crippen LogP contribution in [0.3, 0.4) is 0 Å². The summed E-state index contributed by atoms with van der Waals surface area (Å²) in [6.07, 6.45) is 5.12. The maximum absolute atomic E-state index is 12.3. The van der Waals surface area contributed by atoms with Gasteiger partial charge in [0, 0.05) is 18.6 Å². The Balaban J connectivity index is 3.35. The molecule has 1 rings (SSSR count). The fraction of sp³-hybridized carbons (Fsp3) is 0.333. The number of hydrogen-bond acceptors (Lipinski definition) is 3. The van der Waals surface area contributed by atoms with Crippen molar-refractivity contribution < 1.29 is 8.42 Å². The highest BCUT2D eigenvalue weighted by molar-refractivity contribution is 7.89. The third-order valence-corrected chi connectivity index (χ3v) is 5.09. The van der Waals surface area contributed by atoms with E-state index in [1.165, 1.54) is 19.2 Å². The van der Waals surface area contributed by atoms with Crippen LogP contribution in [0.25, 0.3) is 0 Å². The average molecular weight is 321 g/mol. The average Bonchev–Trinajstić information content (AvgIpc) is 2.32.